The number of fused-ring (bicyclic) bond motifs is 6. The van der Waals surface area contributed by atoms with Crippen LogP contribution in [0, 0.1) is 0 Å². The molecular formula is C51H37NO. The van der Waals surface area contributed by atoms with Crippen LogP contribution in [0.3, 0.4) is 0 Å². The van der Waals surface area contributed by atoms with Gasteiger partial charge in [0.1, 0.15) is 11.2 Å². The molecule has 2 heteroatoms. The lowest BCUT2D eigenvalue weighted by Gasteiger charge is -2.32. The van der Waals surface area contributed by atoms with Crippen molar-refractivity contribution in [3.05, 3.63) is 199 Å². The zero-order valence-electron chi connectivity index (χ0n) is 29.8. The lowest BCUT2D eigenvalue weighted by molar-refractivity contribution is 0.660. The van der Waals surface area contributed by atoms with E-state index in [0.29, 0.717) is 0 Å². The Hall–Kier alpha value is -6.64. The van der Waals surface area contributed by atoms with Gasteiger partial charge in [-0.2, -0.15) is 0 Å². The molecule has 53 heavy (non-hydrogen) atoms. The van der Waals surface area contributed by atoms with E-state index in [1.807, 2.05) is 6.07 Å². The summed E-state index contributed by atoms with van der Waals surface area (Å²) in [5.41, 5.74) is 17.1. The molecule has 0 radical (unpaired) electrons. The lowest BCUT2D eigenvalue weighted by atomic mass is 9.82. The van der Waals surface area contributed by atoms with Crippen LogP contribution in [0.4, 0.5) is 17.1 Å². The van der Waals surface area contributed by atoms with Crippen LogP contribution in [-0.4, -0.2) is 0 Å². The summed E-state index contributed by atoms with van der Waals surface area (Å²) in [6.07, 6.45) is 0. The topological polar surface area (TPSA) is 16.4 Å². The van der Waals surface area contributed by atoms with E-state index in [0.717, 1.165) is 61.3 Å². The molecule has 0 bridgehead atoms. The van der Waals surface area contributed by atoms with Crippen LogP contribution in [0.1, 0.15) is 25.0 Å². The predicted molar refractivity (Wildman–Crippen MR) is 222 cm³/mol. The fraction of sp³-hybridized carbons (Fsp3) is 0.0588. The zero-order valence-corrected chi connectivity index (χ0v) is 29.8. The molecule has 0 saturated heterocycles. The monoisotopic (exact) mass is 679 g/mol. The smallest absolute Gasteiger partial charge is 0.137 e. The average molecular weight is 680 g/mol. The number of hydrogen-bond acceptors (Lipinski definition) is 2. The second kappa shape index (κ2) is 12.3. The molecular weight excluding hydrogens is 643 g/mol. The van der Waals surface area contributed by atoms with Crippen molar-refractivity contribution in [1.29, 1.82) is 0 Å². The summed E-state index contributed by atoms with van der Waals surface area (Å²) < 4.78 is 6.54. The van der Waals surface area contributed by atoms with Gasteiger partial charge in [0, 0.05) is 44.8 Å². The average Bonchev–Trinajstić information content (AvgIpc) is 3.70. The molecule has 1 heterocycles. The molecule has 1 aliphatic rings. The molecule has 1 aromatic heterocycles. The summed E-state index contributed by atoms with van der Waals surface area (Å²) >= 11 is 0. The lowest BCUT2D eigenvalue weighted by Crippen LogP contribution is -2.17. The van der Waals surface area contributed by atoms with Crippen molar-refractivity contribution in [3.63, 3.8) is 0 Å². The minimum absolute atomic E-state index is 0.155. The van der Waals surface area contributed by atoms with E-state index in [4.69, 9.17) is 4.42 Å². The number of benzene rings is 8. The predicted octanol–water partition coefficient (Wildman–Crippen LogP) is 14.4. The Labute approximate surface area is 310 Å². The fourth-order valence-corrected chi connectivity index (χ4v) is 8.44. The van der Waals surface area contributed by atoms with E-state index in [1.165, 1.54) is 33.4 Å². The van der Waals surface area contributed by atoms with Crippen LogP contribution in [0.2, 0.25) is 0 Å². The van der Waals surface area contributed by atoms with Crippen molar-refractivity contribution < 1.29 is 4.42 Å². The van der Waals surface area contributed by atoms with E-state index in [-0.39, 0.29) is 5.41 Å². The molecule has 10 rings (SSSR count). The fourth-order valence-electron chi connectivity index (χ4n) is 8.44. The molecule has 0 fully saturated rings. The van der Waals surface area contributed by atoms with E-state index in [1.54, 1.807) is 0 Å². The van der Waals surface area contributed by atoms with Gasteiger partial charge in [-0.05, 0) is 87.0 Å². The summed E-state index contributed by atoms with van der Waals surface area (Å²) in [4.78, 5) is 2.46. The van der Waals surface area contributed by atoms with Gasteiger partial charge in [-0.25, -0.2) is 0 Å². The first-order valence-corrected chi connectivity index (χ1v) is 18.3. The van der Waals surface area contributed by atoms with Crippen LogP contribution in [0.25, 0.3) is 66.4 Å². The van der Waals surface area contributed by atoms with Crippen LogP contribution >= 0.6 is 0 Å². The molecule has 0 amide bonds. The van der Waals surface area contributed by atoms with Gasteiger partial charge in [0.25, 0.3) is 0 Å². The Bertz CT molecular complexity index is 2730. The maximum Gasteiger partial charge on any atom is 0.137 e. The van der Waals surface area contributed by atoms with E-state index < -0.39 is 0 Å². The van der Waals surface area contributed by atoms with Crippen LogP contribution in [-0.2, 0) is 5.41 Å². The summed E-state index contributed by atoms with van der Waals surface area (Å²) in [7, 11) is 0. The van der Waals surface area contributed by atoms with Crippen molar-refractivity contribution in [3.8, 4) is 44.5 Å². The maximum absolute atomic E-state index is 6.54. The number of hydrogen-bond donors (Lipinski definition) is 0. The third kappa shape index (κ3) is 5.10. The summed E-state index contributed by atoms with van der Waals surface area (Å²) in [5, 5.41) is 2.24. The zero-order chi connectivity index (χ0) is 35.5. The second-order valence-electron chi connectivity index (χ2n) is 14.5. The standard InChI is InChI=1S/C51H37NO/c1-51(2)46-24-14-12-22-40(46)41-28-26-38(32-47(41)51)52(39-27-29-43-42-23-13-15-25-48(42)53-49(43)33-39)50-44(35-18-8-4-9-19-35)30-37(34-16-6-3-7-17-34)31-45(50)36-20-10-5-11-21-36/h3-33H,1-2H3. The third-order valence-corrected chi connectivity index (χ3v) is 11.1. The normalized spacial score (nSPS) is 12.9. The van der Waals surface area contributed by atoms with Crippen LogP contribution < -0.4 is 4.90 Å². The van der Waals surface area contributed by atoms with Gasteiger partial charge >= 0.3 is 0 Å². The van der Waals surface area contributed by atoms with Gasteiger partial charge in [-0.1, -0.05) is 153 Å². The molecule has 8 aromatic carbocycles. The number of para-hydroxylation sites is 1. The van der Waals surface area contributed by atoms with Gasteiger partial charge in [0.15, 0.2) is 0 Å². The van der Waals surface area contributed by atoms with E-state index >= 15 is 0 Å². The van der Waals surface area contributed by atoms with Crippen molar-refractivity contribution in [2.45, 2.75) is 19.3 Å². The summed E-state index contributed by atoms with van der Waals surface area (Å²) in [6, 6.07) is 68.0. The van der Waals surface area contributed by atoms with Gasteiger partial charge < -0.3 is 9.32 Å². The van der Waals surface area contributed by atoms with Crippen molar-refractivity contribution in [1.82, 2.24) is 0 Å². The highest BCUT2D eigenvalue weighted by Gasteiger charge is 2.36. The molecule has 0 saturated carbocycles. The Morgan fingerprint density at radius 3 is 1.60 bits per heavy atom. The largest absolute Gasteiger partial charge is 0.456 e. The van der Waals surface area contributed by atoms with Crippen molar-refractivity contribution >= 4 is 39.0 Å². The SMILES string of the molecule is CC1(C)c2ccccc2-c2ccc(N(c3ccc4c(c3)oc3ccccc34)c3c(-c4ccccc4)cc(-c4ccccc4)cc3-c3ccccc3)cc21. The number of furan rings is 1. The van der Waals surface area contributed by atoms with Crippen LogP contribution in [0.15, 0.2) is 192 Å². The van der Waals surface area contributed by atoms with E-state index in [9.17, 15) is 0 Å². The first kappa shape index (κ1) is 31.1. The highest BCUT2D eigenvalue weighted by atomic mass is 16.3. The maximum atomic E-state index is 6.54. The van der Waals surface area contributed by atoms with Gasteiger partial charge in [-0.3, -0.25) is 0 Å². The summed E-state index contributed by atoms with van der Waals surface area (Å²) in [5.74, 6) is 0. The second-order valence-corrected chi connectivity index (χ2v) is 14.5. The molecule has 0 atom stereocenters. The number of nitrogens with zero attached hydrogens (tertiary/aromatic N) is 1. The Morgan fingerprint density at radius 1 is 0.377 bits per heavy atom. The first-order valence-electron chi connectivity index (χ1n) is 18.3. The van der Waals surface area contributed by atoms with Gasteiger partial charge in [0.05, 0.1) is 5.69 Å². The molecule has 9 aromatic rings. The molecule has 1 aliphatic carbocycles. The quantitative estimate of drug-likeness (QED) is 0.174. The Morgan fingerprint density at radius 2 is 0.906 bits per heavy atom. The minimum atomic E-state index is -0.155. The Balaban J connectivity index is 1.31. The molecule has 0 unspecified atom stereocenters. The Kier molecular flexibility index (Phi) is 7.19. The molecule has 0 aliphatic heterocycles. The van der Waals surface area contributed by atoms with Gasteiger partial charge in [-0.15, -0.1) is 0 Å². The highest BCUT2D eigenvalue weighted by molar-refractivity contribution is 6.07. The van der Waals surface area contributed by atoms with Gasteiger partial charge in [0.2, 0.25) is 0 Å². The molecule has 0 spiro atoms. The summed E-state index contributed by atoms with van der Waals surface area (Å²) in [6.45, 7) is 4.71. The minimum Gasteiger partial charge on any atom is -0.456 e. The van der Waals surface area contributed by atoms with Crippen molar-refractivity contribution in [2.75, 3.05) is 4.90 Å². The van der Waals surface area contributed by atoms with Crippen molar-refractivity contribution in [2.24, 2.45) is 0 Å². The number of anilines is 3. The molecule has 252 valence electrons. The van der Waals surface area contributed by atoms with Crippen LogP contribution in [0.5, 0.6) is 0 Å². The highest BCUT2D eigenvalue weighted by Crippen LogP contribution is 2.53. The molecule has 0 N–H and O–H groups in total. The molecule has 2 nitrogen and oxygen atoms in total. The first-order chi connectivity index (χ1) is 26.0. The third-order valence-electron chi connectivity index (χ3n) is 11.1. The van der Waals surface area contributed by atoms with E-state index in [2.05, 4.69) is 201 Å². The number of rotatable bonds is 6.